The molecule has 0 atom stereocenters. The molecular formula is C11H7Cl3NS. The molecule has 1 radical (unpaired) electrons. The number of nitrogens with zero attached hydrogens (tertiary/aromatic N) is 1. The number of alkyl halides is 3. The zero-order chi connectivity index (χ0) is 11.6. The highest BCUT2D eigenvalue weighted by Gasteiger charge is 2.22. The molecule has 0 amide bonds. The average molecular weight is 292 g/mol. The third-order valence-electron chi connectivity index (χ3n) is 1.92. The molecule has 0 aliphatic carbocycles. The summed E-state index contributed by atoms with van der Waals surface area (Å²) in [7, 11) is 0. The Morgan fingerprint density at radius 1 is 1.25 bits per heavy atom. The van der Waals surface area contributed by atoms with Crippen molar-refractivity contribution < 1.29 is 0 Å². The molecule has 0 spiro atoms. The quantitative estimate of drug-likeness (QED) is 0.741. The Balaban J connectivity index is 2.21. The van der Waals surface area contributed by atoms with Gasteiger partial charge in [0.15, 0.2) is 3.79 Å². The van der Waals surface area contributed by atoms with Crippen LogP contribution in [0.4, 0.5) is 0 Å². The van der Waals surface area contributed by atoms with Crippen molar-refractivity contribution in [1.82, 2.24) is 4.98 Å². The van der Waals surface area contributed by atoms with Crippen molar-refractivity contribution in [3.05, 3.63) is 40.7 Å². The van der Waals surface area contributed by atoms with Gasteiger partial charge in [0.1, 0.15) is 0 Å². The number of thiazole rings is 1. The second-order valence-electron chi connectivity index (χ2n) is 3.21. The van der Waals surface area contributed by atoms with Crippen LogP contribution in [0, 0.1) is 6.07 Å². The van der Waals surface area contributed by atoms with E-state index in [4.69, 9.17) is 34.8 Å². The van der Waals surface area contributed by atoms with Gasteiger partial charge in [-0.15, -0.1) is 11.3 Å². The summed E-state index contributed by atoms with van der Waals surface area (Å²) in [5, 5.41) is 2.78. The first kappa shape index (κ1) is 12.2. The largest absolute Gasteiger partial charge is 0.241 e. The van der Waals surface area contributed by atoms with E-state index < -0.39 is 3.79 Å². The van der Waals surface area contributed by atoms with E-state index in [1.165, 1.54) is 11.3 Å². The van der Waals surface area contributed by atoms with Crippen LogP contribution in [0.3, 0.4) is 0 Å². The first-order chi connectivity index (χ1) is 7.54. The maximum absolute atomic E-state index is 5.72. The first-order valence-electron chi connectivity index (χ1n) is 4.52. The minimum absolute atomic E-state index is 0.335. The van der Waals surface area contributed by atoms with Crippen LogP contribution in [-0.4, -0.2) is 8.78 Å². The molecule has 0 saturated heterocycles. The molecule has 0 saturated carbocycles. The van der Waals surface area contributed by atoms with Gasteiger partial charge < -0.3 is 0 Å². The van der Waals surface area contributed by atoms with Gasteiger partial charge >= 0.3 is 0 Å². The summed E-state index contributed by atoms with van der Waals surface area (Å²) in [4.78, 5) is 4.42. The number of aromatic nitrogens is 1. The predicted molar refractivity (Wildman–Crippen MR) is 70.4 cm³/mol. The van der Waals surface area contributed by atoms with E-state index >= 15 is 0 Å². The molecule has 1 heterocycles. The van der Waals surface area contributed by atoms with Crippen LogP contribution in [0.5, 0.6) is 0 Å². The van der Waals surface area contributed by atoms with Gasteiger partial charge in [0.25, 0.3) is 0 Å². The summed E-state index contributed by atoms with van der Waals surface area (Å²) in [5.41, 5.74) is 1.95. The number of hydrogen-bond acceptors (Lipinski definition) is 2. The topological polar surface area (TPSA) is 12.9 Å². The minimum atomic E-state index is -1.28. The molecule has 16 heavy (non-hydrogen) atoms. The Kier molecular flexibility index (Phi) is 3.75. The summed E-state index contributed by atoms with van der Waals surface area (Å²) < 4.78 is -1.28. The molecule has 1 aromatic carbocycles. The zero-order valence-corrected chi connectivity index (χ0v) is 11.2. The van der Waals surface area contributed by atoms with E-state index in [0.29, 0.717) is 6.42 Å². The first-order valence-corrected chi connectivity index (χ1v) is 6.53. The van der Waals surface area contributed by atoms with Crippen LogP contribution in [0.2, 0.25) is 0 Å². The maximum atomic E-state index is 5.72. The Morgan fingerprint density at radius 3 is 2.56 bits per heavy atom. The normalized spacial score (nSPS) is 11.7. The minimum Gasteiger partial charge on any atom is -0.241 e. The molecule has 0 aliphatic heterocycles. The van der Waals surface area contributed by atoms with E-state index in [0.717, 1.165) is 16.3 Å². The fourth-order valence-corrected chi connectivity index (χ4v) is 2.76. The van der Waals surface area contributed by atoms with Gasteiger partial charge in [-0.05, 0) is 6.07 Å². The molecule has 1 aromatic heterocycles. The fraction of sp³-hybridized carbons (Fsp3) is 0.182. The van der Waals surface area contributed by atoms with Gasteiger partial charge in [-0.3, -0.25) is 0 Å². The number of halogens is 3. The van der Waals surface area contributed by atoms with E-state index in [2.05, 4.69) is 11.1 Å². The Hall–Kier alpha value is -0.280. The van der Waals surface area contributed by atoms with Gasteiger partial charge in [-0.1, -0.05) is 59.1 Å². The lowest BCUT2D eigenvalue weighted by Crippen LogP contribution is -2.06. The van der Waals surface area contributed by atoms with Crippen molar-refractivity contribution in [3.8, 4) is 11.3 Å². The number of benzene rings is 1. The molecule has 0 aliphatic rings. The van der Waals surface area contributed by atoms with Crippen molar-refractivity contribution in [3.63, 3.8) is 0 Å². The van der Waals surface area contributed by atoms with Gasteiger partial charge in [0.05, 0.1) is 10.7 Å². The van der Waals surface area contributed by atoms with Crippen molar-refractivity contribution in [1.29, 1.82) is 0 Å². The van der Waals surface area contributed by atoms with Crippen LogP contribution in [0.25, 0.3) is 11.3 Å². The number of hydrogen-bond donors (Lipinski definition) is 0. The standard InChI is InChI=1S/C11H7Cl3NS/c12-11(13,14)6-10-15-9(7-16-10)8-4-2-1-3-5-8/h2-5,7H,6H2. The average Bonchev–Trinajstić information content (AvgIpc) is 2.65. The second-order valence-corrected chi connectivity index (χ2v) is 6.67. The molecule has 1 nitrogen and oxygen atoms in total. The highest BCUT2D eigenvalue weighted by molar-refractivity contribution is 7.10. The van der Waals surface area contributed by atoms with Crippen LogP contribution >= 0.6 is 46.1 Å². The summed E-state index contributed by atoms with van der Waals surface area (Å²) in [6.07, 6.45) is 0.335. The van der Waals surface area contributed by atoms with Gasteiger partial charge in [-0.2, -0.15) is 0 Å². The van der Waals surface area contributed by atoms with Crippen LogP contribution in [0.15, 0.2) is 29.6 Å². The Morgan fingerprint density at radius 2 is 1.94 bits per heavy atom. The molecule has 0 N–H and O–H groups in total. The van der Waals surface area contributed by atoms with Gasteiger partial charge in [0, 0.05) is 17.4 Å². The highest BCUT2D eigenvalue weighted by Crippen LogP contribution is 2.32. The molecular weight excluding hydrogens is 285 g/mol. The van der Waals surface area contributed by atoms with E-state index in [1.54, 1.807) is 0 Å². The van der Waals surface area contributed by atoms with Gasteiger partial charge in [0.2, 0.25) is 0 Å². The zero-order valence-electron chi connectivity index (χ0n) is 8.08. The summed E-state index contributed by atoms with van der Waals surface area (Å²) in [5.74, 6) is 0. The second kappa shape index (κ2) is 4.92. The lowest BCUT2D eigenvalue weighted by atomic mass is 10.2. The van der Waals surface area contributed by atoms with Gasteiger partial charge in [-0.25, -0.2) is 4.98 Å². The van der Waals surface area contributed by atoms with Crippen molar-refractivity contribution in [2.45, 2.75) is 10.2 Å². The Labute approximate surface area is 113 Å². The van der Waals surface area contributed by atoms with E-state index in [9.17, 15) is 0 Å². The Bertz CT molecular complexity index is 462. The van der Waals surface area contributed by atoms with Crippen LogP contribution in [-0.2, 0) is 6.42 Å². The molecule has 2 rings (SSSR count). The summed E-state index contributed by atoms with van der Waals surface area (Å²) >= 11 is 18.6. The SMILES string of the molecule is ClC(Cl)(Cl)Cc1nc(-c2cc[c]cc2)cs1. The highest BCUT2D eigenvalue weighted by atomic mass is 35.6. The summed E-state index contributed by atoms with van der Waals surface area (Å²) in [6.45, 7) is 0. The monoisotopic (exact) mass is 290 g/mol. The van der Waals surface area contributed by atoms with Crippen molar-refractivity contribution in [2.75, 3.05) is 0 Å². The molecule has 0 fully saturated rings. The van der Waals surface area contributed by atoms with E-state index in [-0.39, 0.29) is 0 Å². The summed E-state index contributed by atoms with van der Waals surface area (Å²) in [6, 6.07) is 10.6. The molecule has 0 unspecified atom stereocenters. The fourth-order valence-electron chi connectivity index (χ4n) is 1.25. The molecule has 0 bridgehead atoms. The maximum Gasteiger partial charge on any atom is 0.196 e. The molecule has 5 heteroatoms. The van der Waals surface area contributed by atoms with Crippen molar-refractivity contribution >= 4 is 46.1 Å². The van der Waals surface area contributed by atoms with E-state index in [1.807, 2.05) is 29.6 Å². The smallest absolute Gasteiger partial charge is 0.196 e. The van der Waals surface area contributed by atoms with Crippen LogP contribution in [0.1, 0.15) is 5.01 Å². The number of rotatable bonds is 2. The van der Waals surface area contributed by atoms with Crippen molar-refractivity contribution in [2.24, 2.45) is 0 Å². The third-order valence-corrected chi connectivity index (χ3v) is 3.17. The lowest BCUT2D eigenvalue weighted by molar-refractivity contribution is 0.997. The van der Waals surface area contributed by atoms with Crippen LogP contribution < -0.4 is 0 Å². The molecule has 2 aromatic rings. The third kappa shape index (κ3) is 3.36. The lowest BCUT2D eigenvalue weighted by Gasteiger charge is -2.06. The molecule has 83 valence electrons. The predicted octanol–water partition coefficient (Wildman–Crippen LogP) is 4.52.